The number of carbonyl (C=O) groups excluding carboxylic acids is 1. The topological polar surface area (TPSA) is 68.8 Å². The Morgan fingerprint density at radius 1 is 1.43 bits per heavy atom. The Morgan fingerprint density at radius 2 is 2.29 bits per heavy atom. The Hall–Kier alpha value is -1.63. The Morgan fingerprint density at radius 3 is 3.05 bits per heavy atom. The van der Waals surface area contributed by atoms with E-state index in [0.29, 0.717) is 37.8 Å². The van der Waals surface area contributed by atoms with Crippen molar-refractivity contribution >= 4 is 11.6 Å². The number of para-hydroxylation sites is 2. The fourth-order valence-corrected chi connectivity index (χ4v) is 2.03. The fourth-order valence-electron chi connectivity index (χ4n) is 2.03. The molecule has 0 aromatic heterocycles. The molecule has 1 fully saturated rings. The zero-order valence-electron chi connectivity index (χ0n) is 12.3. The summed E-state index contributed by atoms with van der Waals surface area (Å²) < 4.78 is 16.1. The predicted octanol–water partition coefficient (Wildman–Crippen LogP) is 1.03. The molecule has 1 aromatic carbocycles. The molecule has 2 N–H and O–H groups in total. The van der Waals surface area contributed by atoms with Crippen molar-refractivity contribution in [2.75, 3.05) is 45.3 Å². The SMILES string of the molecule is COCCCOc1ccccc1NC(=O)C1CNCCO1. The van der Waals surface area contributed by atoms with Gasteiger partial charge >= 0.3 is 0 Å². The molecule has 1 atom stereocenters. The Kier molecular flexibility index (Phi) is 6.46. The summed E-state index contributed by atoms with van der Waals surface area (Å²) in [7, 11) is 1.66. The lowest BCUT2D eigenvalue weighted by Gasteiger charge is -2.23. The highest BCUT2D eigenvalue weighted by Crippen LogP contribution is 2.24. The van der Waals surface area contributed by atoms with E-state index >= 15 is 0 Å². The first-order valence-corrected chi connectivity index (χ1v) is 7.15. The Bertz CT molecular complexity index is 447. The van der Waals surface area contributed by atoms with Gasteiger partial charge in [-0.3, -0.25) is 4.79 Å². The minimum atomic E-state index is -0.458. The third-order valence-electron chi connectivity index (χ3n) is 3.12. The van der Waals surface area contributed by atoms with E-state index in [4.69, 9.17) is 14.2 Å². The van der Waals surface area contributed by atoms with Crippen LogP contribution in [0.2, 0.25) is 0 Å². The van der Waals surface area contributed by atoms with Crippen LogP contribution in [0, 0.1) is 0 Å². The standard InChI is InChI=1S/C15H22N2O4/c1-19-8-4-9-20-13-6-3-2-5-12(13)17-15(18)14-11-16-7-10-21-14/h2-3,5-6,14,16H,4,7-11H2,1H3,(H,17,18). The molecule has 1 aromatic rings. The van der Waals surface area contributed by atoms with Crippen LogP contribution in [0.3, 0.4) is 0 Å². The van der Waals surface area contributed by atoms with Crippen LogP contribution in [0.4, 0.5) is 5.69 Å². The zero-order chi connectivity index (χ0) is 14.9. The van der Waals surface area contributed by atoms with Crippen LogP contribution in [0.15, 0.2) is 24.3 Å². The fraction of sp³-hybridized carbons (Fsp3) is 0.533. The predicted molar refractivity (Wildman–Crippen MR) is 79.7 cm³/mol. The molecule has 0 aliphatic carbocycles. The number of methoxy groups -OCH3 is 1. The molecule has 21 heavy (non-hydrogen) atoms. The molecule has 6 nitrogen and oxygen atoms in total. The summed E-state index contributed by atoms with van der Waals surface area (Å²) in [5, 5.41) is 5.99. The average Bonchev–Trinajstić information content (AvgIpc) is 2.54. The molecule has 0 bridgehead atoms. The maximum Gasteiger partial charge on any atom is 0.254 e. The van der Waals surface area contributed by atoms with Crippen molar-refractivity contribution in [3.8, 4) is 5.75 Å². The summed E-state index contributed by atoms with van der Waals surface area (Å²) >= 11 is 0. The molecule has 1 heterocycles. The van der Waals surface area contributed by atoms with Crippen molar-refractivity contribution in [2.45, 2.75) is 12.5 Å². The number of morpholine rings is 1. The summed E-state index contributed by atoms with van der Waals surface area (Å²) in [5.74, 6) is 0.501. The molecule has 0 radical (unpaired) electrons. The van der Waals surface area contributed by atoms with Gasteiger partial charge in [-0.15, -0.1) is 0 Å². The maximum atomic E-state index is 12.1. The molecule has 0 saturated carbocycles. The molecule has 116 valence electrons. The van der Waals surface area contributed by atoms with Crippen LogP contribution in [0.25, 0.3) is 0 Å². The molecule has 1 amide bonds. The van der Waals surface area contributed by atoms with Crippen molar-refractivity contribution in [1.82, 2.24) is 5.32 Å². The Labute approximate surface area is 124 Å². The number of carbonyl (C=O) groups is 1. The monoisotopic (exact) mass is 294 g/mol. The number of hydrogen-bond donors (Lipinski definition) is 2. The highest BCUT2D eigenvalue weighted by molar-refractivity contribution is 5.95. The van der Waals surface area contributed by atoms with Crippen LogP contribution >= 0.6 is 0 Å². The van der Waals surface area contributed by atoms with Gasteiger partial charge in [-0.1, -0.05) is 12.1 Å². The smallest absolute Gasteiger partial charge is 0.254 e. The lowest BCUT2D eigenvalue weighted by molar-refractivity contribution is -0.128. The molecule has 1 unspecified atom stereocenters. The van der Waals surface area contributed by atoms with Gasteiger partial charge < -0.3 is 24.8 Å². The van der Waals surface area contributed by atoms with Crippen molar-refractivity contribution in [3.63, 3.8) is 0 Å². The second kappa shape index (κ2) is 8.61. The third kappa shape index (κ3) is 5.00. The first-order valence-electron chi connectivity index (χ1n) is 7.15. The van der Waals surface area contributed by atoms with Crippen LogP contribution in [-0.2, 0) is 14.3 Å². The van der Waals surface area contributed by atoms with E-state index in [-0.39, 0.29) is 5.91 Å². The summed E-state index contributed by atoms with van der Waals surface area (Å²) in [6.45, 7) is 3.05. The maximum absolute atomic E-state index is 12.1. The minimum absolute atomic E-state index is 0.157. The number of hydrogen-bond acceptors (Lipinski definition) is 5. The van der Waals surface area contributed by atoms with Crippen LogP contribution < -0.4 is 15.4 Å². The minimum Gasteiger partial charge on any atom is -0.491 e. The molecule has 1 aliphatic rings. The first-order chi connectivity index (χ1) is 10.3. The van der Waals surface area contributed by atoms with E-state index in [2.05, 4.69) is 10.6 Å². The van der Waals surface area contributed by atoms with Gasteiger partial charge in [0.25, 0.3) is 5.91 Å². The van der Waals surface area contributed by atoms with Gasteiger partial charge in [0.1, 0.15) is 11.9 Å². The summed E-state index contributed by atoms with van der Waals surface area (Å²) in [4.78, 5) is 12.1. The van der Waals surface area contributed by atoms with Gasteiger partial charge in [-0.25, -0.2) is 0 Å². The lowest BCUT2D eigenvalue weighted by atomic mass is 10.2. The Balaban J connectivity index is 1.90. The summed E-state index contributed by atoms with van der Waals surface area (Å²) in [5.41, 5.74) is 0.661. The van der Waals surface area contributed by atoms with Crippen molar-refractivity contribution in [2.24, 2.45) is 0 Å². The molecule has 1 saturated heterocycles. The van der Waals surface area contributed by atoms with Gasteiger partial charge in [0.2, 0.25) is 0 Å². The molecule has 0 spiro atoms. The third-order valence-corrected chi connectivity index (χ3v) is 3.12. The summed E-state index contributed by atoms with van der Waals surface area (Å²) in [6.07, 6.45) is 0.342. The van der Waals surface area contributed by atoms with Gasteiger partial charge in [0.05, 0.1) is 18.9 Å². The largest absolute Gasteiger partial charge is 0.491 e. The summed E-state index contributed by atoms with van der Waals surface area (Å²) in [6, 6.07) is 7.39. The molecular weight excluding hydrogens is 272 g/mol. The van der Waals surface area contributed by atoms with Gasteiger partial charge in [-0.05, 0) is 12.1 Å². The lowest BCUT2D eigenvalue weighted by Crippen LogP contribution is -2.45. The van der Waals surface area contributed by atoms with E-state index in [0.717, 1.165) is 13.0 Å². The first kappa shape index (κ1) is 15.8. The molecule has 1 aliphatic heterocycles. The number of ether oxygens (including phenoxy) is 3. The second-order valence-electron chi connectivity index (χ2n) is 4.74. The van der Waals surface area contributed by atoms with E-state index < -0.39 is 6.10 Å². The van der Waals surface area contributed by atoms with E-state index in [1.807, 2.05) is 24.3 Å². The zero-order valence-corrected chi connectivity index (χ0v) is 12.3. The number of amides is 1. The van der Waals surface area contributed by atoms with Gasteiger partial charge in [0.15, 0.2) is 0 Å². The van der Waals surface area contributed by atoms with Crippen molar-refractivity contribution in [1.29, 1.82) is 0 Å². The normalized spacial score (nSPS) is 18.2. The number of nitrogens with one attached hydrogen (secondary N) is 2. The van der Waals surface area contributed by atoms with Gasteiger partial charge in [0, 0.05) is 33.2 Å². The number of anilines is 1. The van der Waals surface area contributed by atoms with E-state index in [9.17, 15) is 4.79 Å². The van der Waals surface area contributed by atoms with Crippen LogP contribution in [-0.4, -0.2) is 52.0 Å². The van der Waals surface area contributed by atoms with Gasteiger partial charge in [-0.2, -0.15) is 0 Å². The van der Waals surface area contributed by atoms with Crippen LogP contribution in [0.1, 0.15) is 6.42 Å². The number of rotatable bonds is 7. The van der Waals surface area contributed by atoms with Crippen molar-refractivity contribution in [3.05, 3.63) is 24.3 Å². The van der Waals surface area contributed by atoms with E-state index in [1.54, 1.807) is 7.11 Å². The molecule has 2 rings (SSSR count). The highest BCUT2D eigenvalue weighted by Gasteiger charge is 2.22. The van der Waals surface area contributed by atoms with Crippen molar-refractivity contribution < 1.29 is 19.0 Å². The molecule has 6 heteroatoms. The second-order valence-corrected chi connectivity index (χ2v) is 4.74. The highest BCUT2D eigenvalue weighted by atomic mass is 16.5. The average molecular weight is 294 g/mol. The quantitative estimate of drug-likeness (QED) is 0.735. The van der Waals surface area contributed by atoms with Crippen LogP contribution in [0.5, 0.6) is 5.75 Å². The van der Waals surface area contributed by atoms with E-state index in [1.165, 1.54) is 0 Å². The molecular formula is C15H22N2O4. The number of benzene rings is 1.